The Morgan fingerprint density at radius 2 is 1.80 bits per heavy atom. The average Bonchev–Trinajstić information content (AvgIpc) is 2.27. The van der Waals surface area contributed by atoms with Gasteiger partial charge in [0.1, 0.15) is 5.75 Å². The summed E-state index contributed by atoms with van der Waals surface area (Å²) < 4.78 is 5.20. The molecule has 15 heavy (non-hydrogen) atoms. The van der Waals surface area contributed by atoms with Crippen molar-refractivity contribution in [2.45, 2.75) is 6.92 Å². The van der Waals surface area contributed by atoms with E-state index in [1.54, 1.807) is 7.11 Å². The lowest BCUT2D eigenvalue weighted by Gasteiger charge is -2.05. The number of hydrogen-bond acceptors (Lipinski definition) is 1. The van der Waals surface area contributed by atoms with Crippen LogP contribution in [0.4, 0.5) is 0 Å². The minimum Gasteiger partial charge on any atom is -0.497 e. The molecule has 0 atom stereocenters. The van der Waals surface area contributed by atoms with Crippen LogP contribution in [0, 0.1) is 0 Å². The van der Waals surface area contributed by atoms with E-state index in [1.165, 1.54) is 16.3 Å². The Hall–Kier alpha value is -1.76. The molecule has 0 saturated carbocycles. The first-order valence-electron chi connectivity index (χ1n) is 4.94. The topological polar surface area (TPSA) is 9.23 Å². The van der Waals surface area contributed by atoms with E-state index in [0.29, 0.717) is 0 Å². The molecule has 2 rings (SSSR count). The van der Waals surface area contributed by atoms with Crippen molar-refractivity contribution in [1.82, 2.24) is 0 Å². The summed E-state index contributed by atoms with van der Waals surface area (Å²) >= 11 is 0. The standard InChI is InChI=1S/C14H14O/c1-10(2)12-5-4-11-6-7-14(15-3)9-13(11)8-12/h4-9H,1H2,2-3H3. The summed E-state index contributed by atoms with van der Waals surface area (Å²) in [5, 5.41) is 2.41. The second kappa shape index (κ2) is 3.77. The highest BCUT2D eigenvalue weighted by atomic mass is 16.5. The normalized spacial score (nSPS) is 10.3. The van der Waals surface area contributed by atoms with Gasteiger partial charge in [-0.2, -0.15) is 0 Å². The molecule has 0 N–H and O–H groups in total. The van der Waals surface area contributed by atoms with Gasteiger partial charge in [-0.05, 0) is 41.5 Å². The largest absolute Gasteiger partial charge is 0.497 e. The zero-order valence-corrected chi connectivity index (χ0v) is 9.08. The van der Waals surface area contributed by atoms with E-state index in [2.05, 4.69) is 30.8 Å². The molecule has 0 radical (unpaired) electrons. The van der Waals surface area contributed by atoms with Crippen LogP contribution in [-0.2, 0) is 0 Å². The summed E-state index contributed by atoms with van der Waals surface area (Å²) in [5.41, 5.74) is 2.26. The van der Waals surface area contributed by atoms with E-state index < -0.39 is 0 Å². The Bertz CT molecular complexity index is 512. The number of fused-ring (bicyclic) bond motifs is 1. The van der Waals surface area contributed by atoms with Gasteiger partial charge < -0.3 is 4.74 Å². The molecule has 0 aromatic heterocycles. The van der Waals surface area contributed by atoms with E-state index in [4.69, 9.17) is 4.74 Å². The van der Waals surface area contributed by atoms with Crippen LogP contribution in [0.25, 0.3) is 16.3 Å². The average molecular weight is 198 g/mol. The molecule has 0 aliphatic heterocycles. The van der Waals surface area contributed by atoms with Crippen LogP contribution >= 0.6 is 0 Å². The molecular formula is C14H14O. The molecule has 1 nitrogen and oxygen atoms in total. The number of benzene rings is 2. The minimum atomic E-state index is 0.890. The Balaban J connectivity index is 2.62. The molecule has 0 bridgehead atoms. The van der Waals surface area contributed by atoms with Gasteiger partial charge in [0.05, 0.1) is 7.11 Å². The molecule has 0 fully saturated rings. The molecular weight excluding hydrogens is 184 g/mol. The van der Waals surface area contributed by atoms with Crippen LogP contribution in [0.15, 0.2) is 43.0 Å². The van der Waals surface area contributed by atoms with Crippen LogP contribution in [0.3, 0.4) is 0 Å². The maximum atomic E-state index is 5.20. The van der Waals surface area contributed by atoms with E-state index in [0.717, 1.165) is 11.3 Å². The van der Waals surface area contributed by atoms with Crippen LogP contribution in [-0.4, -0.2) is 7.11 Å². The summed E-state index contributed by atoms with van der Waals surface area (Å²) in [6.07, 6.45) is 0. The molecule has 0 heterocycles. The first-order valence-corrected chi connectivity index (χ1v) is 4.94. The van der Waals surface area contributed by atoms with Gasteiger partial charge in [0.2, 0.25) is 0 Å². The monoisotopic (exact) mass is 198 g/mol. The van der Waals surface area contributed by atoms with Crippen LogP contribution in [0.1, 0.15) is 12.5 Å². The van der Waals surface area contributed by atoms with Crippen molar-refractivity contribution in [2.24, 2.45) is 0 Å². The first kappa shape index (κ1) is 9.78. The van der Waals surface area contributed by atoms with Crippen molar-refractivity contribution >= 4 is 16.3 Å². The molecule has 0 amide bonds. The molecule has 0 aliphatic carbocycles. The number of methoxy groups -OCH3 is 1. The lowest BCUT2D eigenvalue weighted by atomic mass is 10.0. The van der Waals surface area contributed by atoms with Crippen LogP contribution in [0.5, 0.6) is 5.75 Å². The van der Waals surface area contributed by atoms with Crippen molar-refractivity contribution in [3.05, 3.63) is 48.5 Å². The highest BCUT2D eigenvalue weighted by molar-refractivity contribution is 5.87. The second-order valence-corrected chi connectivity index (χ2v) is 3.71. The summed E-state index contributed by atoms with van der Waals surface area (Å²) in [6, 6.07) is 12.4. The summed E-state index contributed by atoms with van der Waals surface area (Å²) in [7, 11) is 1.68. The van der Waals surface area contributed by atoms with Gasteiger partial charge in [-0.15, -0.1) is 0 Å². The number of rotatable bonds is 2. The fourth-order valence-corrected chi connectivity index (χ4v) is 1.62. The maximum Gasteiger partial charge on any atom is 0.119 e. The lowest BCUT2D eigenvalue weighted by Crippen LogP contribution is -1.83. The van der Waals surface area contributed by atoms with E-state index in [-0.39, 0.29) is 0 Å². The SMILES string of the molecule is C=C(C)c1ccc2ccc(OC)cc2c1. The summed E-state index contributed by atoms with van der Waals surface area (Å²) in [6.45, 7) is 5.96. The fraction of sp³-hybridized carbons (Fsp3) is 0.143. The Morgan fingerprint density at radius 3 is 2.47 bits per heavy atom. The van der Waals surface area contributed by atoms with Gasteiger partial charge in [0, 0.05) is 0 Å². The Kier molecular flexibility index (Phi) is 2.46. The number of allylic oxidation sites excluding steroid dienone is 1. The third kappa shape index (κ3) is 1.86. The highest BCUT2D eigenvalue weighted by Crippen LogP contribution is 2.24. The third-order valence-corrected chi connectivity index (χ3v) is 2.54. The lowest BCUT2D eigenvalue weighted by molar-refractivity contribution is 0.415. The van der Waals surface area contributed by atoms with Crippen molar-refractivity contribution in [2.75, 3.05) is 7.11 Å². The molecule has 0 saturated heterocycles. The fourth-order valence-electron chi connectivity index (χ4n) is 1.62. The number of hydrogen-bond donors (Lipinski definition) is 0. The smallest absolute Gasteiger partial charge is 0.119 e. The third-order valence-electron chi connectivity index (χ3n) is 2.54. The maximum absolute atomic E-state index is 5.20. The van der Waals surface area contributed by atoms with Gasteiger partial charge in [-0.3, -0.25) is 0 Å². The summed E-state index contributed by atoms with van der Waals surface area (Å²) in [5.74, 6) is 0.890. The van der Waals surface area contributed by atoms with E-state index >= 15 is 0 Å². The van der Waals surface area contributed by atoms with Crippen molar-refractivity contribution in [3.8, 4) is 5.75 Å². The molecule has 0 spiro atoms. The predicted octanol–water partition coefficient (Wildman–Crippen LogP) is 3.88. The first-order chi connectivity index (χ1) is 7.20. The van der Waals surface area contributed by atoms with Crippen molar-refractivity contribution < 1.29 is 4.74 Å². The van der Waals surface area contributed by atoms with Gasteiger partial charge >= 0.3 is 0 Å². The van der Waals surface area contributed by atoms with Gasteiger partial charge in [0.15, 0.2) is 0 Å². The second-order valence-electron chi connectivity index (χ2n) is 3.71. The quantitative estimate of drug-likeness (QED) is 0.711. The van der Waals surface area contributed by atoms with E-state index in [1.807, 2.05) is 19.1 Å². The minimum absolute atomic E-state index is 0.890. The predicted molar refractivity (Wildman–Crippen MR) is 65.2 cm³/mol. The van der Waals surface area contributed by atoms with Crippen molar-refractivity contribution in [1.29, 1.82) is 0 Å². The molecule has 0 aliphatic rings. The number of ether oxygens (including phenoxy) is 1. The molecule has 1 heteroatoms. The Morgan fingerprint density at radius 1 is 1.07 bits per heavy atom. The highest BCUT2D eigenvalue weighted by Gasteiger charge is 1.98. The Labute approximate surface area is 90.0 Å². The van der Waals surface area contributed by atoms with Gasteiger partial charge in [-0.1, -0.05) is 30.4 Å². The molecule has 0 unspecified atom stereocenters. The molecule has 76 valence electrons. The van der Waals surface area contributed by atoms with Gasteiger partial charge in [0.25, 0.3) is 0 Å². The van der Waals surface area contributed by atoms with E-state index in [9.17, 15) is 0 Å². The molecule has 2 aromatic carbocycles. The molecule has 2 aromatic rings. The summed E-state index contributed by atoms with van der Waals surface area (Å²) in [4.78, 5) is 0. The van der Waals surface area contributed by atoms with Crippen LogP contribution < -0.4 is 4.74 Å². The van der Waals surface area contributed by atoms with Gasteiger partial charge in [-0.25, -0.2) is 0 Å². The zero-order valence-electron chi connectivity index (χ0n) is 9.08. The zero-order chi connectivity index (χ0) is 10.8. The van der Waals surface area contributed by atoms with Crippen LogP contribution in [0.2, 0.25) is 0 Å². The van der Waals surface area contributed by atoms with Crippen molar-refractivity contribution in [3.63, 3.8) is 0 Å².